The van der Waals surface area contributed by atoms with Crippen LogP contribution in [0.25, 0.3) is 0 Å². The zero-order valence-corrected chi connectivity index (χ0v) is 6.93. The summed E-state index contributed by atoms with van der Waals surface area (Å²) in [6.45, 7) is 1.60. The molecule has 0 rings (SSSR count). The Kier molecular flexibility index (Phi) is 4.11. The van der Waals surface area contributed by atoms with Gasteiger partial charge in [-0.1, -0.05) is 23.2 Å². The highest BCUT2D eigenvalue weighted by Gasteiger charge is 1.92. The Balaban J connectivity index is 4.25. The standard InChI is InChI=1S/C5H5Cl3O/c1-3(6)4(7)2-5(8)9/h2,9H,1H3/b4-3-,5-2-. The van der Waals surface area contributed by atoms with E-state index in [1.54, 1.807) is 6.92 Å². The summed E-state index contributed by atoms with van der Waals surface area (Å²) in [5.74, 6) is 0. The van der Waals surface area contributed by atoms with Gasteiger partial charge < -0.3 is 5.11 Å². The molecule has 0 bridgehead atoms. The highest BCUT2D eigenvalue weighted by atomic mass is 35.5. The van der Waals surface area contributed by atoms with Gasteiger partial charge in [0.25, 0.3) is 0 Å². The summed E-state index contributed by atoms with van der Waals surface area (Å²) >= 11 is 15.9. The number of allylic oxidation sites excluding steroid dienone is 3. The van der Waals surface area contributed by atoms with E-state index in [2.05, 4.69) is 0 Å². The molecule has 0 heterocycles. The Morgan fingerprint density at radius 1 is 1.33 bits per heavy atom. The Morgan fingerprint density at radius 3 is 1.89 bits per heavy atom. The van der Waals surface area contributed by atoms with Crippen LogP contribution in [0.2, 0.25) is 0 Å². The van der Waals surface area contributed by atoms with Crippen LogP contribution in [0, 0.1) is 0 Å². The first-order valence-corrected chi connectivity index (χ1v) is 3.25. The summed E-state index contributed by atoms with van der Waals surface area (Å²) in [6, 6.07) is 0. The van der Waals surface area contributed by atoms with Gasteiger partial charge in [0.05, 0.1) is 5.03 Å². The average Bonchev–Trinajstić information content (AvgIpc) is 1.63. The van der Waals surface area contributed by atoms with Crippen LogP contribution in [0.3, 0.4) is 0 Å². The molecule has 0 aliphatic heterocycles. The van der Waals surface area contributed by atoms with Crippen LogP contribution >= 0.6 is 34.8 Å². The zero-order chi connectivity index (χ0) is 7.44. The van der Waals surface area contributed by atoms with E-state index in [1.807, 2.05) is 0 Å². The normalized spacial score (nSPS) is 15.3. The minimum atomic E-state index is -0.375. The molecule has 0 saturated carbocycles. The van der Waals surface area contributed by atoms with Crippen molar-refractivity contribution in [3.05, 3.63) is 21.4 Å². The first-order chi connectivity index (χ1) is 4.04. The molecule has 9 heavy (non-hydrogen) atoms. The van der Waals surface area contributed by atoms with Crippen LogP contribution in [-0.2, 0) is 0 Å². The van der Waals surface area contributed by atoms with Gasteiger partial charge in [-0.3, -0.25) is 0 Å². The monoisotopic (exact) mass is 186 g/mol. The van der Waals surface area contributed by atoms with E-state index in [0.717, 1.165) is 6.08 Å². The number of hydrogen-bond donors (Lipinski definition) is 1. The van der Waals surface area contributed by atoms with Crippen molar-refractivity contribution < 1.29 is 5.11 Å². The lowest BCUT2D eigenvalue weighted by molar-refractivity contribution is 0.452. The molecule has 0 fully saturated rings. The molecule has 1 nitrogen and oxygen atoms in total. The Labute approximate surface area is 68.5 Å². The molecule has 52 valence electrons. The van der Waals surface area contributed by atoms with Crippen molar-refractivity contribution in [2.24, 2.45) is 0 Å². The van der Waals surface area contributed by atoms with Crippen LogP contribution in [0.4, 0.5) is 0 Å². The fourth-order valence-electron chi connectivity index (χ4n) is 0.204. The van der Waals surface area contributed by atoms with Crippen LogP contribution in [0.5, 0.6) is 0 Å². The van der Waals surface area contributed by atoms with Crippen molar-refractivity contribution in [3.63, 3.8) is 0 Å². The van der Waals surface area contributed by atoms with Gasteiger partial charge in [0, 0.05) is 11.1 Å². The first kappa shape index (κ1) is 9.15. The third-order valence-corrected chi connectivity index (χ3v) is 1.38. The number of rotatable bonds is 1. The summed E-state index contributed by atoms with van der Waals surface area (Å²) in [6.07, 6.45) is 1.16. The fraction of sp³-hybridized carbons (Fsp3) is 0.200. The quantitative estimate of drug-likeness (QED) is 0.493. The fourth-order valence-corrected chi connectivity index (χ4v) is 0.527. The van der Waals surface area contributed by atoms with Crippen molar-refractivity contribution >= 4 is 34.8 Å². The molecule has 0 aromatic heterocycles. The van der Waals surface area contributed by atoms with Gasteiger partial charge in [0.1, 0.15) is 0 Å². The maximum absolute atomic E-state index is 8.42. The largest absolute Gasteiger partial charge is 0.498 e. The molecular formula is C5H5Cl3O. The minimum Gasteiger partial charge on any atom is -0.498 e. The van der Waals surface area contributed by atoms with Crippen molar-refractivity contribution in [1.82, 2.24) is 0 Å². The van der Waals surface area contributed by atoms with Crippen LogP contribution < -0.4 is 0 Å². The summed E-state index contributed by atoms with van der Waals surface area (Å²) in [5, 5.41) is 8.68. The topological polar surface area (TPSA) is 20.2 Å². The lowest BCUT2D eigenvalue weighted by Crippen LogP contribution is -1.69. The van der Waals surface area contributed by atoms with Crippen molar-refractivity contribution in [3.8, 4) is 0 Å². The van der Waals surface area contributed by atoms with E-state index >= 15 is 0 Å². The van der Waals surface area contributed by atoms with Gasteiger partial charge in [0.2, 0.25) is 0 Å². The lowest BCUT2D eigenvalue weighted by Gasteiger charge is -1.88. The maximum Gasteiger partial charge on any atom is 0.185 e. The number of halogens is 3. The molecule has 0 aromatic carbocycles. The van der Waals surface area contributed by atoms with Gasteiger partial charge in [-0.15, -0.1) is 0 Å². The van der Waals surface area contributed by atoms with E-state index in [4.69, 9.17) is 39.9 Å². The van der Waals surface area contributed by atoms with Crippen LogP contribution in [0.15, 0.2) is 21.4 Å². The number of aliphatic hydroxyl groups excluding tert-OH is 1. The predicted molar refractivity (Wildman–Crippen MR) is 41.0 cm³/mol. The molecular weight excluding hydrogens is 182 g/mol. The summed E-state index contributed by atoms with van der Waals surface area (Å²) in [4.78, 5) is 0. The smallest absolute Gasteiger partial charge is 0.185 e. The molecule has 1 N–H and O–H groups in total. The van der Waals surface area contributed by atoms with E-state index in [-0.39, 0.29) is 10.3 Å². The van der Waals surface area contributed by atoms with Gasteiger partial charge >= 0.3 is 0 Å². The summed E-state index contributed by atoms with van der Waals surface area (Å²) in [5.41, 5.74) is 0. The van der Waals surface area contributed by atoms with Crippen molar-refractivity contribution in [2.45, 2.75) is 6.92 Å². The Bertz CT molecular complexity index is 152. The summed E-state index contributed by atoms with van der Waals surface area (Å²) in [7, 11) is 0. The van der Waals surface area contributed by atoms with E-state index in [9.17, 15) is 0 Å². The lowest BCUT2D eigenvalue weighted by atomic mass is 10.5. The molecule has 0 atom stereocenters. The second kappa shape index (κ2) is 4.04. The summed E-state index contributed by atoms with van der Waals surface area (Å²) < 4.78 is 0. The third-order valence-electron chi connectivity index (χ3n) is 0.575. The Hall–Kier alpha value is 0.150. The van der Waals surface area contributed by atoms with Gasteiger partial charge in [-0.2, -0.15) is 0 Å². The van der Waals surface area contributed by atoms with Gasteiger partial charge in [0.15, 0.2) is 5.22 Å². The molecule has 0 aliphatic rings. The van der Waals surface area contributed by atoms with Gasteiger partial charge in [-0.25, -0.2) is 0 Å². The predicted octanol–water partition coefficient (Wildman–Crippen LogP) is 3.33. The maximum atomic E-state index is 8.42. The molecule has 0 saturated heterocycles. The van der Waals surface area contributed by atoms with Crippen molar-refractivity contribution in [2.75, 3.05) is 0 Å². The molecule has 0 aromatic rings. The molecule has 0 aliphatic carbocycles. The zero-order valence-electron chi connectivity index (χ0n) is 4.66. The van der Waals surface area contributed by atoms with E-state index in [1.165, 1.54) is 0 Å². The molecule has 0 unspecified atom stereocenters. The molecule has 0 radical (unpaired) electrons. The second-order valence-corrected chi connectivity index (χ2v) is 2.71. The van der Waals surface area contributed by atoms with E-state index in [0.29, 0.717) is 5.03 Å². The minimum absolute atomic E-state index is 0.240. The highest BCUT2D eigenvalue weighted by Crippen LogP contribution is 2.15. The SMILES string of the molecule is C/C(Cl)=C(Cl)\C=C(/O)Cl. The van der Waals surface area contributed by atoms with Gasteiger partial charge in [-0.05, 0) is 18.5 Å². The molecule has 0 spiro atoms. The number of aliphatic hydroxyl groups is 1. The number of hydrogen-bond acceptors (Lipinski definition) is 1. The van der Waals surface area contributed by atoms with Crippen LogP contribution in [0.1, 0.15) is 6.92 Å². The van der Waals surface area contributed by atoms with Crippen molar-refractivity contribution in [1.29, 1.82) is 0 Å². The average molecular weight is 187 g/mol. The Morgan fingerprint density at radius 2 is 1.78 bits per heavy atom. The third kappa shape index (κ3) is 4.64. The first-order valence-electron chi connectivity index (χ1n) is 2.12. The van der Waals surface area contributed by atoms with Crippen LogP contribution in [-0.4, -0.2) is 5.11 Å². The molecule has 4 heteroatoms. The highest BCUT2D eigenvalue weighted by molar-refractivity contribution is 6.40. The second-order valence-electron chi connectivity index (χ2n) is 1.35. The van der Waals surface area contributed by atoms with E-state index < -0.39 is 0 Å². The molecule has 0 amide bonds.